The lowest BCUT2D eigenvalue weighted by Crippen LogP contribution is -1.97. The molecule has 0 unspecified atom stereocenters. The molecule has 0 fully saturated rings. The van der Waals surface area contributed by atoms with E-state index in [1.54, 1.807) is 12.5 Å². The number of nitrogens with zero attached hydrogens (tertiary/aromatic N) is 4. The van der Waals surface area contributed by atoms with Crippen LogP contribution in [0.15, 0.2) is 55.0 Å². The summed E-state index contributed by atoms with van der Waals surface area (Å²) in [6, 6.07) is 14.0. The van der Waals surface area contributed by atoms with E-state index in [1.165, 1.54) is 5.56 Å². The number of aryl methyl sites for hydroxylation is 1. The van der Waals surface area contributed by atoms with E-state index < -0.39 is 0 Å². The van der Waals surface area contributed by atoms with Gasteiger partial charge in [0.05, 0.1) is 0 Å². The van der Waals surface area contributed by atoms with Gasteiger partial charge in [-0.1, -0.05) is 23.8 Å². The van der Waals surface area contributed by atoms with Crippen LogP contribution in [-0.4, -0.2) is 19.7 Å². The van der Waals surface area contributed by atoms with Crippen molar-refractivity contribution in [3.05, 3.63) is 60.6 Å². The van der Waals surface area contributed by atoms with Gasteiger partial charge in [-0.15, -0.1) is 10.2 Å². The Morgan fingerprint density at radius 2 is 1.83 bits per heavy atom. The molecule has 0 saturated heterocycles. The average molecular weight is 236 g/mol. The molecular formula is C14H12N4. The Labute approximate surface area is 105 Å². The molecule has 3 rings (SSSR count). The lowest BCUT2D eigenvalue weighted by molar-refractivity contribution is 1.05. The monoisotopic (exact) mass is 236 g/mol. The fourth-order valence-electron chi connectivity index (χ4n) is 1.80. The smallest absolute Gasteiger partial charge is 0.186 e. The molecule has 0 spiro atoms. The highest BCUT2D eigenvalue weighted by molar-refractivity contribution is 5.53. The van der Waals surface area contributed by atoms with Crippen molar-refractivity contribution >= 4 is 0 Å². The van der Waals surface area contributed by atoms with Crippen molar-refractivity contribution in [3.8, 4) is 17.2 Å². The topological polar surface area (TPSA) is 43.6 Å². The first-order valence-corrected chi connectivity index (χ1v) is 5.73. The average Bonchev–Trinajstić information content (AvgIpc) is 2.90. The highest BCUT2D eigenvalue weighted by Crippen LogP contribution is 2.18. The molecule has 0 bridgehead atoms. The molecule has 2 aromatic heterocycles. The van der Waals surface area contributed by atoms with Gasteiger partial charge in [-0.05, 0) is 31.2 Å². The van der Waals surface area contributed by atoms with Gasteiger partial charge in [-0.25, -0.2) is 0 Å². The Morgan fingerprint density at radius 3 is 2.56 bits per heavy atom. The minimum Gasteiger partial charge on any atom is -0.280 e. The summed E-state index contributed by atoms with van der Waals surface area (Å²) in [4.78, 5) is 4.30. The lowest BCUT2D eigenvalue weighted by Gasteiger charge is -2.06. The van der Waals surface area contributed by atoms with Crippen molar-refractivity contribution in [2.24, 2.45) is 0 Å². The third kappa shape index (κ3) is 1.88. The standard InChI is InChI=1S/C14H12N4/c1-11-5-7-12(8-6-11)18-10-16-17-14(18)13-4-2-3-9-15-13/h2-10H,1H3. The SMILES string of the molecule is Cc1ccc(-n2cnnc2-c2ccccn2)cc1. The van der Waals surface area contributed by atoms with E-state index in [1.807, 2.05) is 34.9 Å². The van der Waals surface area contributed by atoms with E-state index in [4.69, 9.17) is 0 Å². The zero-order chi connectivity index (χ0) is 12.4. The summed E-state index contributed by atoms with van der Waals surface area (Å²) in [5.41, 5.74) is 3.08. The largest absolute Gasteiger partial charge is 0.280 e. The summed E-state index contributed by atoms with van der Waals surface area (Å²) in [6.07, 6.45) is 3.46. The molecule has 0 aliphatic rings. The third-order valence-corrected chi connectivity index (χ3v) is 2.75. The first kappa shape index (κ1) is 10.7. The van der Waals surface area contributed by atoms with Gasteiger partial charge in [0, 0.05) is 11.9 Å². The number of rotatable bonds is 2. The van der Waals surface area contributed by atoms with Crippen molar-refractivity contribution in [1.82, 2.24) is 19.7 Å². The summed E-state index contributed by atoms with van der Waals surface area (Å²) in [5, 5.41) is 8.11. The van der Waals surface area contributed by atoms with E-state index in [0.717, 1.165) is 17.2 Å². The van der Waals surface area contributed by atoms with Crippen LogP contribution in [0.4, 0.5) is 0 Å². The van der Waals surface area contributed by atoms with Crippen LogP contribution < -0.4 is 0 Å². The van der Waals surface area contributed by atoms with Gasteiger partial charge in [0.15, 0.2) is 5.82 Å². The minimum absolute atomic E-state index is 0.749. The molecule has 0 atom stereocenters. The van der Waals surface area contributed by atoms with Gasteiger partial charge in [0.25, 0.3) is 0 Å². The molecule has 2 heterocycles. The van der Waals surface area contributed by atoms with E-state index in [9.17, 15) is 0 Å². The molecule has 4 nitrogen and oxygen atoms in total. The second-order valence-electron chi connectivity index (χ2n) is 4.08. The number of benzene rings is 1. The van der Waals surface area contributed by atoms with E-state index in [-0.39, 0.29) is 0 Å². The fraction of sp³-hybridized carbons (Fsp3) is 0.0714. The number of pyridine rings is 1. The first-order chi connectivity index (χ1) is 8.84. The maximum Gasteiger partial charge on any atom is 0.186 e. The molecule has 0 saturated carbocycles. The molecule has 0 aliphatic heterocycles. The van der Waals surface area contributed by atoms with E-state index in [0.29, 0.717) is 0 Å². The molecule has 1 aromatic carbocycles. The van der Waals surface area contributed by atoms with Crippen LogP contribution in [0.2, 0.25) is 0 Å². The van der Waals surface area contributed by atoms with Crippen LogP contribution in [0.3, 0.4) is 0 Å². The zero-order valence-electron chi connectivity index (χ0n) is 9.99. The zero-order valence-corrected chi connectivity index (χ0v) is 9.99. The summed E-state index contributed by atoms with van der Waals surface area (Å²) >= 11 is 0. The molecule has 18 heavy (non-hydrogen) atoms. The maximum absolute atomic E-state index is 4.30. The molecular weight excluding hydrogens is 224 g/mol. The van der Waals surface area contributed by atoms with Crippen LogP contribution in [0.5, 0.6) is 0 Å². The van der Waals surface area contributed by atoms with Crippen LogP contribution in [0.1, 0.15) is 5.56 Å². The van der Waals surface area contributed by atoms with Gasteiger partial charge >= 0.3 is 0 Å². The number of hydrogen-bond acceptors (Lipinski definition) is 3. The molecule has 0 radical (unpaired) electrons. The van der Waals surface area contributed by atoms with E-state index >= 15 is 0 Å². The van der Waals surface area contributed by atoms with Gasteiger partial charge in [0.2, 0.25) is 0 Å². The molecule has 0 amide bonds. The highest BCUT2D eigenvalue weighted by Gasteiger charge is 2.09. The second-order valence-corrected chi connectivity index (χ2v) is 4.08. The van der Waals surface area contributed by atoms with Crippen LogP contribution in [0, 0.1) is 6.92 Å². The Kier molecular flexibility index (Phi) is 2.61. The van der Waals surface area contributed by atoms with Crippen molar-refractivity contribution < 1.29 is 0 Å². The maximum atomic E-state index is 4.30. The quantitative estimate of drug-likeness (QED) is 0.687. The summed E-state index contributed by atoms with van der Waals surface area (Å²) in [5.74, 6) is 0.749. The third-order valence-electron chi connectivity index (χ3n) is 2.75. The van der Waals surface area contributed by atoms with Crippen molar-refractivity contribution in [2.75, 3.05) is 0 Å². The Hall–Kier alpha value is -2.49. The first-order valence-electron chi connectivity index (χ1n) is 5.73. The summed E-state index contributed by atoms with van der Waals surface area (Å²) < 4.78 is 1.93. The normalized spacial score (nSPS) is 10.5. The van der Waals surface area contributed by atoms with Gasteiger partial charge in [0.1, 0.15) is 12.0 Å². The van der Waals surface area contributed by atoms with Crippen LogP contribution in [0.25, 0.3) is 17.2 Å². The summed E-state index contributed by atoms with van der Waals surface area (Å²) in [6.45, 7) is 2.07. The number of aromatic nitrogens is 4. The molecule has 0 aliphatic carbocycles. The second kappa shape index (κ2) is 4.41. The Balaban J connectivity index is 2.10. The van der Waals surface area contributed by atoms with Crippen molar-refractivity contribution in [3.63, 3.8) is 0 Å². The summed E-state index contributed by atoms with van der Waals surface area (Å²) in [7, 11) is 0. The van der Waals surface area contributed by atoms with E-state index in [2.05, 4.69) is 34.2 Å². The van der Waals surface area contributed by atoms with Gasteiger partial charge in [-0.2, -0.15) is 0 Å². The van der Waals surface area contributed by atoms with Gasteiger partial charge < -0.3 is 0 Å². The molecule has 3 aromatic rings. The predicted molar refractivity (Wildman–Crippen MR) is 69.3 cm³/mol. The predicted octanol–water partition coefficient (Wildman–Crippen LogP) is 2.64. The molecule has 88 valence electrons. The minimum atomic E-state index is 0.749. The highest BCUT2D eigenvalue weighted by atomic mass is 15.3. The molecule has 4 heteroatoms. The molecule has 0 N–H and O–H groups in total. The lowest BCUT2D eigenvalue weighted by atomic mass is 10.2. The van der Waals surface area contributed by atoms with Crippen LogP contribution >= 0.6 is 0 Å². The van der Waals surface area contributed by atoms with Crippen molar-refractivity contribution in [2.45, 2.75) is 6.92 Å². The fourth-order valence-corrected chi connectivity index (χ4v) is 1.80. The number of hydrogen-bond donors (Lipinski definition) is 0. The Bertz CT molecular complexity index is 641. The van der Waals surface area contributed by atoms with Gasteiger partial charge in [-0.3, -0.25) is 9.55 Å². The van der Waals surface area contributed by atoms with Crippen LogP contribution in [-0.2, 0) is 0 Å². The van der Waals surface area contributed by atoms with Crippen molar-refractivity contribution in [1.29, 1.82) is 0 Å². The Morgan fingerprint density at radius 1 is 1.00 bits per heavy atom.